The van der Waals surface area contributed by atoms with Crippen LogP contribution in [0.3, 0.4) is 0 Å². The van der Waals surface area contributed by atoms with Gasteiger partial charge >= 0.3 is 0 Å². The molecule has 0 N–H and O–H groups in total. The third-order valence-electron chi connectivity index (χ3n) is 3.89. The molecule has 0 saturated heterocycles. The molecule has 113 valence electrons. The van der Waals surface area contributed by atoms with Crippen LogP contribution in [0.1, 0.15) is 22.5 Å². The van der Waals surface area contributed by atoms with Gasteiger partial charge in [-0.1, -0.05) is 41.8 Å². The molecule has 0 unspecified atom stereocenters. The van der Waals surface area contributed by atoms with Crippen molar-refractivity contribution < 1.29 is 44.4 Å². The number of aromatic nitrogens is 2. The summed E-state index contributed by atoms with van der Waals surface area (Å²) < 4.78 is 1.96. The van der Waals surface area contributed by atoms with Crippen molar-refractivity contribution in [3.63, 3.8) is 0 Å². The molecule has 23 heavy (non-hydrogen) atoms. The number of carbonyl (C=O) groups excluding carboxylic acids is 1. The number of pyridine rings is 2. The average molecular weight is 509 g/mol. The first kappa shape index (κ1) is 17.9. The van der Waals surface area contributed by atoms with Crippen molar-refractivity contribution in [2.45, 2.75) is 13.3 Å². The molecule has 0 aliphatic carbocycles. The Morgan fingerprint density at radius 2 is 2.04 bits per heavy atom. The Balaban J connectivity index is 0.000000960. The molecule has 0 atom stereocenters. The van der Waals surface area contributed by atoms with E-state index in [1.165, 1.54) is 0 Å². The topological polar surface area (TPSA) is 52.0 Å². The number of hydrogen-bond donors (Lipinski definition) is 0. The van der Waals surface area contributed by atoms with Crippen molar-refractivity contribution in [2.75, 3.05) is 0 Å². The summed E-state index contributed by atoms with van der Waals surface area (Å²) in [6.07, 6.45) is 5.13. The first-order chi connectivity index (χ1) is 10.2. The maximum atomic E-state index is 12.4. The molecule has 4 rings (SSSR count). The monoisotopic (exact) mass is 509 g/mol. The van der Waals surface area contributed by atoms with Crippen molar-refractivity contribution >= 4 is 17.2 Å². The van der Waals surface area contributed by atoms with E-state index < -0.39 is 0 Å². The third-order valence-corrected chi connectivity index (χ3v) is 3.89. The molecule has 1 radical (unpaired) electrons. The quantitative estimate of drug-likeness (QED) is 0.369. The van der Waals surface area contributed by atoms with E-state index in [-0.39, 0.29) is 50.6 Å². The molecule has 0 fully saturated rings. The van der Waals surface area contributed by atoms with Crippen LogP contribution >= 0.6 is 0 Å². The summed E-state index contributed by atoms with van der Waals surface area (Å²) in [7, 11) is 0. The van der Waals surface area contributed by atoms with Crippen LogP contribution in [0.25, 0.3) is 16.6 Å². The molecule has 1 aromatic carbocycles. The van der Waals surface area contributed by atoms with Crippen LogP contribution in [0.15, 0.2) is 35.1 Å². The number of hydrogen-bond acceptors (Lipinski definition) is 3. The van der Waals surface area contributed by atoms with Gasteiger partial charge in [0.15, 0.2) is 0 Å². The summed E-state index contributed by atoms with van der Waals surface area (Å²) in [4.78, 5) is 27.8. The van der Waals surface area contributed by atoms with E-state index in [2.05, 4.69) is 11.2 Å². The van der Waals surface area contributed by atoms with Gasteiger partial charge in [0.1, 0.15) is 0 Å². The van der Waals surface area contributed by atoms with Crippen LogP contribution in [0, 0.1) is 13.1 Å². The predicted molar refractivity (Wildman–Crippen MR) is 78.5 cm³/mol. The summed E-state index contributed by atoms with van der Waals surface area (Å²) in [5.41, 5.74) is 4.05. The molecule has 4 nitrogen and oxygen atoms in total. The van der Waals surface area contributed by atoms with E-state index in [1.807, 2.05) is 41.8 Å². The van der Waals surface area contributed by atoms with Gasteiger partial charge in [0.25, 0.3) is 0 Å². The SMILES string of the molecule is Cc1cc2c([c-]n1)c(=O)c([C-]=O)c1n2-c2ccccc2C1.[V].[W]. The average Bonchev–Trinajstić information content (AvgIpc) is 2.86. The van der Waals surface area contributed by atoms with Crippen LogP contribution in [-0.4, -0.2) is 15.8 Å². The fourth-order valence-corrected chi connectivity index (χ4v) is 2.97. The van der Waals surface area contributed by atoms with Crippen molar-refractivity contribution in [1.82, 2.24) is 9.55 Å². The number of nitrogens with zero attached hydrogens (tertiary/aromatic N) is 2. The minimum atomic E-state index is -0.341. The summed E-state index contributed by atoms with van der Waals surface area (Å²) in [6, 6.07) is 9.74. The molecular formula is C17H10N2O2VW-2. The zero-order valence-corrected chi connectivity index (χ0v) is 16.5. The molecule has 3 aromatic rings. The molecule has 3 heterocycles. The molecule has 1 aliphatic rings. The predicted octanol–water partition coefficient (Wildman–Crippen LogP) is 1.85. The van der Waals surface area contributed by atoms with E-state index >= 15 is 0 Å². The van der Waals surface area contributed by atoms with E-state index in [1.54, 1.807) is 6.29 Å². The van der Waals surface area contributed by atoms with Gasteiger partial charge in [-0.15, -0.1) is 6.07 Å². The van der Waals surface area contributed by atoms with Gasteiger partial charge in [0.2, 0.25) is 0 Å². The van der Waals surface area contributed by atoms with Crippen LogP contribution in [0.5, 0.6) is 0 Å². The fraction of sp³-hybridized carbons (Fsp3) is 0.118. The van der Waals surface area contributed by atoms with Crippen molar-refractivity contribution in [1.29, 1.82) is 0 Å². The van der Waals surface area contributed by atoms with Gasteiger partial charge in [-0.2, -0.15) is 0 Å². The first-order valence-corrected chi connectivity index (χ1v) is 6.64. The standard InChI is InChI=1S/C17H10N2O2.V.W/c1-10-6-15-12(8-18-10)17(21)13(9-20)16-7-11-4-2-3-5-14(11)19(15)16;;/h2-6H,7H2,1H3;;/q-2;;. The third kappa shape index (κ3) is 2.55. The second kappa shape index (κ2) is 6.56. The van der Waals surface area contributed by atoms with Crippen molar-refractivity contribution in [3.8, 4) is 5.69 Å². The maximum absolute atomic E-state index is 12.4. The van der Waals surface area contributed by atoms with E-state index in [0.717, 1.165) is 22.5 Å². The Labute approximate surface area is 159 Å². The summed E-state index contributed by atoms with van der Waals surface area (Å²) in [6.45, 7) is 1.86. The molecular weight excluding hydrogens is 499 g/mol. The molecule has 0 saturated carbocycles. The van der Waals surface area contributed by atoms with E-state index in [9.17, 15) is 9.59 Å². The van der Waals surface area contributed by atoms with Crippen molar-refractivity contribution in [3.05, 3.63) is 69.3 Å². The molecule has 6 heteroatoms. The van der Waals surface area contributed by atoms with Gasteiger partial charge in [-0.05, 0) is 35.5 Å². The Morgan fingerprint density at radius 1 is 1.30 bits per heavy atom. The molecule has 0 spiro atoms. The number of rotatable bonds is 1. The number of aryl methyl sites for hydroxylation is 1. The molecule has 1 aliphatic heterocycles. The Bertz CT molecular complexity index is 982. The Morgan fingerprint density at radius 3 is 2.78 bits per heavy atom. The normalized spacial score (nSPS) is 11.2. The molecule has 0 bridgehead atoms. The minimum absolute atomic E-state index is 0. The van der Waals surface area contributed by atoms with Gasteiger partial charge in [0, 0.05) is 45.3 Å². The maximum Gasteiger partial charge on any atom is 0.0685 e. The summed E-state index contributed by atoms with van der Waals surface area (Å²) in [5.74, 6) is 0. The largest absolute Gasteiger partial charge is 0.409 e. The van der Waals surface area contributed by atoms with E-state index in [4.69, 9.17) is 0 Å². The second-order valence-electron chi connectivity index (χ2n) is 5.16. The minimum Gasteiger partial charge on any atom is -0.409 e. The fourth-order valence-electron chi connectivity index (χ4n) is 2.97. The van der Waals surface area contributed by atoms with Crippen LogP contribution < -0.4 is 5.43 Å². The number of para-hydroxylation sites is 1. The first-order valence-electron chi connectivity index (χ1n) is 6.64. The Kier molecular flexibility index (Phi) is 5.10. The van der Waals surface area contributed by atoms with Crippen molar-refractivity contribution in [2.24, 2.45) is 0 Å². The van der Waals surface area contributed by atoms with Crippen LogP contribution in [0.2, 0.25) is 0 Å². The van der Waals surface area contributed by atoms with Gasteiger partial charge in [-0.25, -0.2) is 0 Å². The molecule has 2 aromatic heterocycles. The summed E-state index contributed by atoms with van der Waals surface area (Å²) in [5, 5.41) is 0.333. The zero-order chi connectivity index (χ0) is 14.6. The van der Waals surface area contributed by atoms with E-state index in [0.29, 0.717) is 17.5 Å². The zero-order valence-electron chi connectivity index (χ0n) is 12.2. The Hall–Kier alpha value is -1.48. The second-order valence-corrected chi connectivity index (χ2v) is 5.16. The number of benzene rings is 1. The van der Waals surface area contributed by atoms with Gasteiger partial charge in [0.05, 0.1) is 11.7 Å². The molecule has 0 amide bonds. The van der Waals surface area contributed by atoms with Crippen LogP contribution in [0.4, 0.5) is 0 Å². The van der Waals surface area contributed by atoms with Gasteiger partial charge in [-0.3, -0.25) is 0 Å². The summed E-state index contributed by atoms with van der Waals surface area (Å²) >= 11 is 0. The number of fused-ring (bicyclic) bond motifs is 5. The van der Waals surface area contributed by atoms with Gasteiger partial charge < -0.3 is 19.1 Å². The smallest absolute Gasteiger partial charge is 0.0685 e. The van der Waals surface area contributed by atoms with Crippen LogP contribution in [-0.2, 0) is 50.8 Å².